The van der Waals surface area contributed by atoms with E-state index in [9.17, 15) is 18.0 Å². The molecule has 0 aromatic heterocycles. The monoisotopic (exact) mass is 627 g/mol. The largest absolute Gasteiger partial charge is 0.469 e. The van der Waals surface area contributed by atoms with Crippen molar-refractivity contribution in [2.24, 2.45) is 0 Å². The molecule has 0 aliphatic carbocycles. The van der Waals surface area contributed by atoms with Crippen LogP contribution >= 0.6 is 0 Å². The van der Waals surface area contributed by atoms with Crippen LogP contribution < -0.4 is 0 Å². The third kappa shape index (κ3) is 11.5. The van der Waals surface area contributed by atoms with Crippen molar-refractivity contribution in [3.05, 3.63) is 102 Å². The van der Waals surface area contributed by atoms with E-state index in [1.54, 1.807) is 24.0 Å². The molecule has 3 atom stereocenters. The van der Waals surface area contributed by atoms with Crippen molar-refractivity contribution in [3.63, 3.8) is 0 Å². The molecule has 0 radical (unpaired) electrons. The minimum absolute atomic E-state index is 0.00216. The summed E-state index contributed by atoms with van der Waals surface area (Å²) in [5, 5.41) is 0. The zero-order valence-electron chi connectivity index (χ0n) is 25.6. The van der Waals surface area contributed by atoms with Crippen LogP contribution in [-0.2, 0) is 56.0 Å². The molecule has 1 unspecified atom stereocenters. The van der Waals surface area contributed by atoms with Gasteiger partial charge in [-0.3, -0.25) is 18.7 Å². The molecule has 0 amide bonds. The number of benzene rings is 3. The van der Waals surface area contributed by atoms with Crippen LogP contribution in [0.1, 0.15) is 37.0 Å². The highest BCUT2D eigenvalue weighted by molar-refractivity contribution is 7.86. The number of rotatable bonds is 18. The molecule has 0 saturated carbocycles. The Morgan fingerprint density at radius 3 is 2.09 bits per heavy atom. The highest BCUT2D eigenvalue weighted by atomic mass is 32.2. The average molecular weight is 628 g/mol. The van der Waals surface area contributed by atoms with E-state index in [4.69, 9.17) is 23.1 Å². The lowest BCUT2D eigenvalue weighted by atomic mass is 10.1. The predicted octanol–water partition coefficient (Wildman–Crippen LogP) is 4.65. The van der Waals surface area contributed by atoms with Crippen molar-refractivity contribution in [3.8, 4) is 0 Å². The Labute approximate surface area is 260 Å². The van der Waals surface area contributed by atoms with Gasteiger partial charge in [-0.1, -0.05) is 78.4 Å². The standard InChI is InChI=1S/C33H41NO9S/c1-5-40-26(3)43-29(24-42-44(37,38)30-18-16-25(2)17-19-30)22-34(21-27-12-8-6-9-13-27)31(20-32(35)39-4)33(36)41-23-28-14-10-7-11-15-28/h6-19,26,29,31H,5,20-24H2,1-4H3/t26?,29-,31-/m0/s1. The molecular formula is C33H41NO9S. The maximum absolute atomic E-state index is 13.6. The number of carbonyl (C=O) groups is 2. The van der Waals surface area contributed by atoms with Crippen LogP contribution in [0.4, 0.5) is 0 Å². The Morgan fingerprint density at radius 2 is 1.50 bits per heavy atom. The molecular weight excluding hydrogens is 586 g/mol. The first kappa shape index (κ1) is 34.9. The highest BCUT2D eigenvalue weighted by Crippen LogP contribution is 2.19. The number of ether oxygens (including phenoxy) is 4. The second kappa shape index (κ2) is 17.6. The second-order valence-corrected chi connectivity index (χ2v) is 11.8. The van der Waals surface area contributed by atoms with Crippen LogP contribution in [0.2, 0.25) is 0 Å². The average Bonchev–Trinajstić information content (AvgIpc) is 3.02. The minimum atomic E-state index is -4.12. The minimum Gasteiger partial charge on any atom is -0.469 e. The molecule has 0 aliphatic rings. The van der Waals surface area contributed by atoms with Crippen molar-refractivity contribution in [2.75, 3.05) is 26.9 Å². The number of hydrogen-bond acceptors (Lipinski definition) is 10. The van der Waals surface area contributed by atoms with Gasteiger partial charge in [0, 0.05) is 19.7 Å². The van der Waals surface area contributed by atoms with Gasteiger partial charge >= 0.3 is 11.9 Å². The van der Waals surface area contributed by atoms with Gasteiger partial charge < -0.3 is 18.9 Å². The van der Waals surface area contributed by atoms with Gasteiger partial charge in [-0.05, 0) is 44.0 Å². The van der Waals surface area contributed by atoms with Gasteiger partial charge in [0.15, 0.2) is 6.29 Å². The van der Waals surface area contributed by atoms with E-state index in [2.05, 4.69) is 0 Å². The van der Waals surface area contributed by atoms with Gasteiger partial charge in [-0.15, -0.1) is 0 Å². The summed E-state index contributed by atoms with van der Waals surface area (Å²) in [7, 11) is -2.87. The number of nitrogens with zero attached hydrogens (tertiary/aromatic N) is 1. The fourth-order valence-electron chi connectivity index (χ4n) is 4.43. The summed E-state index contributed by atoms with van der Waals surface area (Å²) in [5.41, 5.74) is 2.54. The molecule has 3 rings (SSSR count). The lowest BCUT2D eigenvalue weighted by Gasteiger charge is -2.33. The Bertz CT molecular complexity index is 1400. The summed E-state index contributed by atoms with van der Waals surface area (Å²) < 4.78 is 53.7. The number of hydrogen-bond donors (Lipinski definition) is 0. The van der Waals surface area contributed by atoms with Crippen LogP contribution in [0.25, 0.3) is 0 Å². The van der Waals surface area contributed by atoms with Crippen molar-refractivity contribution in [1.82, 2.24) is 4.90 Å². The van der Waals surface area contributed by atoms with Crippen LogP contribution in [0.5, 0.6) is 0 Å². The predicted molar refractivity (Wildman–Crippen MR) is 164 cm³/mol. The second-order valence-electron chi connectivity index (χ2n) is 10.1. The topological polar surface area (TPSA) is 118 Å². The lowest BCUT2D eigenvalue weighted by Crippen LogP contribution is -2.48. The van der Waals surface area contributed by atoms with Crippen molar-refractivity contribution in [2.45, 2.75) is 63.7 Å². The van der Waals surface area contributed by atoms with Crippen molar-refractivity contribution < 1.29 is 41.1 Å². The summed E-state index contributed by atoms with van der Waals surface area (Å²) in [5.74, 6) is -1.25. The normalized spacial score (nSPS) is 13.7. The van der Waals surface area contributed by atoms with E-state index in [0.717, 1.165) is 16.7 Å². The summed E-state index contributed by atoms with van der Waals surface area (Å²) in [4.78, 5) is 27.8. The maximum Gasteiger partial charge on any atom is 0.324 e. The molecule has 10 nitrogen and oxygen atoms in total. The molecule has 0 N–H and O–H groups in total. The Kier molecular flexibility index (Phi) is 14.0. The first-order valence-corrected chi connectivity index (χ1v) is 15.8. The molecule has 0 spiro atoms. The van der Waals surface area contributed by atoms with E-state index < -0.39 is 40.5 Å². The molecule has 238 valence electrons. The van der Waals surface area contributed by atoms with E-state index in [1.807, 2.05) is 74.5 Å². The SMILES string of the molecule is CCOC(C)O[C@H](COS(=O)(=O)c1ccc(C)cc1)CN(Cc1ccccc1)[C@@H](CC(=O)OC)C(=O)OCc1ccccc1. The van der Waals surface area contributed by atoms with Gasteiger partial charge in [-0.2, -0.15) is 8.42 Å². The zero-order valence-corrected chi connectivity index (χ0v) is 26.4. The van der Waals surface area contributed by atoms with Crippen LogP contribution in [-0.4, -0.2) is 70.6 Å². The molecule has 3 aromatic rings. The maximum atomic E-state index is 13.6. The number of carbonyl (C=O) groups excluding carboxylic acids is 2. The first-order valence-electron chi connectivity index (χ1n) is 14.4. The van der Waals surface area contributed by atoms with Crippen LogP contribution in [0, 0.1) is 6.92 Å². The molecule has 0 bridgehead atoms. The molecule has 0 saturated heterocycles. The number of methoxy groups -OCH3 is 1. The zero-order chi connectivity index (χ0) is 32.0. The van der Waals surface area contributed by atoms with E-state index in [0.29, 0.717) is 6.61 Å². The summed E-state index contributed by atoms with van der Waals surface area (Å²) in [6.45, 7) is 5.57. The highest BCUT2D eigenvalue weighted by Gasteiger charge is 2.33. The van der Waals surface area contributed by atoms with Gasteiger partial charge in [0.05, 0.1) is 31.1 Å². The third-order valence-corrected chi connectivity index (χ3v) is 7.99. The molecule has 0 fully saturated rings. The molecule has 0 aliphatic heterocycles. The molecule has 0 heterocycles. The van der Waals surface area contributed by atoms with Gasteiger partial charge in [0.1, 0.15) is 12.6 Å². The molecule has 11 heteroatoms. The fourth-order valence-corrected chi connectivity index (χ4v) is 5.36. The van der Waals surface area contributed by atoms with Gasteiger partial charge in [-0.25, -0.2) is 0 Å². The summed E-state index contributed by atoms with van der Waals surface area (Å²) in [6.07, 6.45) is -1.89. The Hall–Kier alpha value is -3.61. The first-order chi connectivity index (χ1) is 21.1. The smallest absolute Gasteiger partial charge is 0.324 e. The number of esters is 2. The van der Waals surface area contributed by atoms with Crippen molar-refractivity contribution >= 4 is 22.1 Å². The van der Waals surface area contributed by atoms with Gasteiger partial charge in [0.2, 0.25) is 0 Å². The Balaban J connectivity index is 1.91. The quantitative estimate of drug-likeness (QED) is 0.112. The van der Waals surface area contributed by atoms with E-state index in [1.165, 1.54) is 19.2 Å². The van der Waals surface area contributed by atoms with Crippen LogP contribution in [0.15, 0.2) is 89.8 Å². The van der Waals surface area contributed by atoms with Crippen LogP contribution in [0.3, 0.4) is 0 Å². The third-order valence-electron chi connectivity index (χ3n) is 6.70. The lowest BCUT2D eigenvalue weighted by molar-refractivity contribution is -0.174. The van der Waals surface area contributed by atoms with Gasteiger partial charge in [0.25, 0.3) is 10.1 Å². The summed E-state index contributed by atoms with van der Waals surface area (Å²) in [6, 6.07) is 23.8. The van der Waals surface area contributed by atoms with E-state index >= 15 is 0 Å². The molecule has 44 heavy (non-hydrogen) atoms. The summed E-state index contributed by atoms with van der Waals surface area (Å²) >= 11 is 0. The van der Waals surface area contributed by atoms with E-state index in [-0.39, 0.29) is 37.6 Å². The molecule has 3 aromatic carbocycles. The Morgan fingerprint density at radius 1 is 0.886 bits per heavy atom. The number of aryl methyl sites for hydroxylation is 1. The van der Waals surface area contributed by atoms with Crippen molar-refractivity contribution in [1.29, 1.82) is 0 Å². The fraction of sp³-hybridized carbons (Fsp3) is 0.394.